The molecule has 2 heterocycles. The minimum atomic E-state index is -4.65. The van der Waals surface area contributed by atoms with Gasteiger partial charge < -0.3 is 28.3 Å². The van der Waals surface area contributed by atoms with Gasteiger partial charge in [-0.3, -0.25) is 0 Å². The summed E-state index contributed by atoms with van der Waals surface area (Å²) in [6.07, 6.45) is 15.3. The topological polar surface area (TPSA) is 133 Å². The zero-order valence-corrected chi connectivity index (χ0v) is 41.5. The number of allylic oxidation sites excluding steroid dienone is 7. The lowest BCUT2D eigenvalue weighted by Crippen LogP contribution is -2.37. The van der Waals surface area contributed by atoms with E-state index in [0.717, 1.165) is 137 Å². The summed E-state index contributed by atoms with van der Waals surface area (Å²) < 4.78 is 77.2. The van der Waals surface area contributed by atoms with Gasteiger partial charge in [0, 0.05) is 58.9 Å². The molecule has 0 amide bonds. The number of anilines is 2. The largest absolute Gasteiger partial charge is 0.744 e. The van der Waals surface area contributed by atoms with Crippen LogP contribution in [0.4, 0.5) is 17.1 Å². The lowest BCUT2D eigenvalue weighted by Gasteiger charge is -2.29. The van der Waals surface area contributed by atoms with E-state index in [4.69, 9.17) is 0 Å². The fourth-order valence-electron chi connectivity index (χ4n) is 9.47. The van der Waals surface area contributed by atoms with Gasteiger partial charge in [0.25, 0.3) is 0 Å². The van der Waals surface area contributed by atoms with Gasteiger partial charge in [0.1, 0.15) is 20.2 Å². The van der Waals surface area contributed by atoms with Crippen molar-refractivity contribution in [2.45, 2.75) is 100 Å². The summed E-state index contributed by atoms with van der Waals surface area (Å²) in [5.74, 6) is 0. The highest BCUT2D eigenvalue weighted by Crippen LogP contribution is 2.49. The number of hydrogen-bond acceptors (Lipinski definition) is 8. The van der Waals surface area contributed by atoms with Crippen molar-refractivity contribution in [3.63, 3.8) is 0 Å². The number of nitrogens with zero attached hydrogens (tertiary/aromatic N) is 4. The molecule has 0 aromatic heterocycles. The van der Waals surface area contributed by atoms with E-state index in [1.165, 1.54) is 17.7 Å². The summed E-state index contributed by atoms with van der Waals surface area (Å²) in [6.45, 7) is 13.9. The minimum Gasteiger partial charge on any atom is -0.744 e. The Morgan fingerprint density at radius 3 is 1.97 bits per heavy atom. The summed E-state index contributed by atoms with van der Waals surface area (Å²) in [7, 11) is 3.75. The van der Waals surface area contributed by atoms with Crippen molar-refractivity contribution in [3.8, 4) is 0 Å². The number of fused-ring (bicyclic) bond motifs is 2. The smallest absolute Gasteiger partial charge is 0.209 e. The maximum Gasteiger partial charge on any atom is 0.209 e. The van der Waals surface area contributed by atoms with E-state index in [1.54, 1.807) is 24.3 Å². The van der Waals surface area contributed by atoms with Crippen molar-refractivity contribution in [1.82, 2.24) is 0 Å². The van der Waals surface area contributed by atoms with Gasteiger partial charge in [0.2, 0.25) is 5.69 Å². The molecule has 0 radical (unpaired) electrons. The van der Waals surface area contributed by atoms with Crippen LogP contribution < -0.4 is 10.2 Å². The first-order chi connectivity index (χ1) is 29.7. The predicted molar refractivity (Wildman–Crippen MR) is 257 cm³/mol. The third-order valence-corrected chi connectivity index (χ3v) is 14.6. The number of hydrogen-bond donors (Lipinski definition) is 1. The Morgan fingerprint density at radius 2 is 1.36 bits per heavy atom. The minimum absolute atomic E-state index is 0.220. The molecule has 3 aromatic rings. The lowest BCUT2D eigenvalue weighted by atomic mass is 9.81. The van der Waals surface area contributed by atoms with Gasteiger partial charge in [0.15, 0.2) is 12.3 Å². The van der Waals surface area contributed by atoms with E-state index in [0.29, 0.717) is 0 Å². The molecular formula is C51H70N5O6S2+. The molecule has 0 fully saturated rings. The molecule has 3 aliphatic rings. The summed E-state index contributed by atoms with van der Waals surface area (Å²) in [6, 6.07) is 18.2. The molecule has 0 atom stereocenters. The van der Waals surface area contributed by atoms with Crippen LogP contribution in [0.5, 0.6) is 0 Å². The molecular weight excluding hydrogens is 843 g/mol. The quantitative estimate of drug-likeness (QED) is 0.0809. The zero-order valence-electron chi connectivity index (χ0n) is 39.9. The van der Waals surface area contributed by atoms with Crippen molar-refractivity contribution in [3.05, 3.63) is 124 Å². The molecule has 0 bridgehead atoms. The van der Waals surface area contributed by atoms with E-state index in [-0.39, 0.29) is 9.79 Å². The number of benzene rings is 3. The monoisotopic (exact) mass is 912 g/mol. The molecule has 0 saturated heterocycles. The molecule has 3 aromatic carbocycles. The highest BCUT2D eigenvalue weighted by Gasteiger charge is 2.45. The standard InChI is InChI=1S/C51H69N5O6S2/c1-12-16-37-19-23-40(24-20-37)52-49-38(21-29-47-50(2,3)43-35-41(63(57,58)59)25-27-45(43)53(47)31-14-33-55(6,7)8)17-13-18-39(49)22-30-48-51(4,5)44-36-42(64(60,61)62)26-28-46(44)54(48)32-15-34-56(9,10)11/h19-30,35-36H,12-18,31-34H2,1-11H3/p+1/b38-21+,47-29+. The summed E-state index contributed by atoms with van der Waals surface area (Å²) >= 11 is 0. The molecule has 13 heteroatoms. The van der Waals surface area contributed by atoms with Crippen LogP contribution in [0.25, 0.3) is 0 Å². The molecule has 11 nitrogen and oxygen atoms in total. The van der Waals surface area contributed by atoms with Crippen molar-refractivity contribution in [1.29, 1.82) is 0 Å². The predicted octanol–water partition coefficient (Wildman–Crippen LogP) is 8.73. The van der Waals surface area contributed by atoms with Crippen molar-refractivity contribution in [2.75, 3.05) is 78.7 Å². The van der Waals surface area contributed by atoms with Crippen LogP contribution in [-0.2, 0) is 37.5 Å². The second kappa shape index (κ2) is 18.5. The van der Waals surface area contributed by atoms with Crippen LogP contribution in [0.2, 0.25) is 0 Å². The van der Waals surface area contributed by atoms with Gasteiger partial charge in [-0.25, -0.2) is 16.8 Å². The average molecular weight is 913 g/mol. The molecule has 64 heavy (non-hydrogen) atoms. The fourth-order valence-corrected chi connectivity index (χ4v) is 10.5. The van der Waals surface area contributed by atoms with Crippen LogP contribution in [0.3, 0.4) is 0 Å². The number of quaternary nitrogens is 2. The van der Waals surface area contributed by atoms with Gasteiger partial charge in [-0.2, -0.15) is 4.58 Å². The van der Waals surface area contributed by atoms with E-state index in [2.05, 4.69) is 140 Å². The third kappa shape index (κ3) is 11.2. The van der Waals surface area contributed by atoms with E-state index in [1.807, 2.05) is 0 Å². The van der Waals surface area contributed by atoms with Gasteiger partial charge in [-0.1, -0.05) is 51.5 Å². The van der Waals surface area contributed by atoms with E-state index >= 15 is 0 Å². The Labute approximate surface area is 383 Å². The van der Waals surface area contributed by atoms with Gasteiger partial charge in [0.05, 0.1) is 77.0 Å². The molecule has 2 aliphatic heterocycles. The van der Waals surface area contributed by atoms with Gasteiger partial charge in [-0.15, -0.1) is 0 Å². The van der Waals surface area contributed by atoms with Crippen LogP contribution in [0.15, 0.2) is 117 Å². The Hall–Kier alpha value is -4.37. The maximum absolute atomic E-state index is 12.2. The van der Waals surface area contributed by atoms with E-state index in [9.17, 15) is 25.9 Å². The van der Waals surface area contributed by atoms with Crippen molar-refractivity contribution < 1.29 is 39.5 Å². The first-order valence-electron chi connectivity index (χ1n) is 22.6. The normalized spacial score (nSPS) is 19.0. The summed E-state index contributed by atoms with van der Waals surface area (Å²) in [5, 5.41) is 3.84. The number of rotatable bonds is 17. The molecule has 1 aliphatic carbocycles. The first-order valence-corrected chi connectivity index (χ1v) is 25.5. The van der Waals surface area contributed by atoms with Gasteiger partial charge >= 0.3 is 0 Å². The van der Waals surface area contributed by atoms with Crippen LogP contribution >= 0.6 is 0 Å². The van der Waals surface area contributed by atoms with Crippen LogP contribution in [-0.4, -0.2) is 114 Å². The molecule has 0 spiro atoms. The average Bonchev–Trinajstić information content (AvgIpc) is 3.53. The summed E-state index contributed by atoms with van der Waals surface area (Å²) in [5.41, 5.74) is 9.93. The first kappa shape index (κ1) is 49.1. The molecule has 1 N–H and O–H groups in total. The van der Waals surface area contributed by atoms with Crippen LogP contribution in [0.1, 0.15) is 89.8 Å². The Morgan fingerprint density at radius 1 is 0.750 bits per heavy atom. The van der Waals surface area contributed by atoms with Crippen molar-refractivity contribution >= 4 is 43.0 Å². The van der Waals surface area contributed by atoms with Crippen molar-refractivity contribution in [2.24, 2.45) is 0 Å². The van der Waals surface area contributed by atoms with Gasteiger partial charge in [-0.05, 0) is 110 Å². The Kier molecular flexibility index (Phi) is 14.2. The highest BCUT2D eigenvalue weighted by molar-refractivity contribution is 7.86. The SMILES string of the molecule is CCCc1ccc(NC2=C(/C=C/C3=[N+](CCC[N+](C)(C)C)c4ccc(S(=O)(=O)[O-])cc4C3(C)C)CCC/C2=C\C=C2\N(CCC[N+](C)(C)C)c3ccc(S(=O)(=O)[O-])cc3C2(C)C)cc1. The third-order valence-electron chi connectivity index (χ3n) is 12.9. The van der Waals surface area contributed by atoms with E-state index < -0.39 is 31.1 Å². The zero-order chi connectivity index (χ0) is 47.0. The molecule has 0 saturated carbocycles. The Balaban J connectivity index is 1.48. The fraction of sp³-hybridized carbons (Fsp3) is 0.471. The maximum atomic E-state index is 12.2. The molecule has 346 valence electrons. The lowest BCUT2D eigenvalue weighted by molar-refractivity contribution is -0.871. The Bertz CT molecular complexity index is 2640. The highest BCUT2D eigenvalue weighted by atomic mass is 32.2. The molecule has 0 unspecified atom stereocenters. The number of aryl methyl sites for hydroxylation is 1. The molecule has 6 rings (SSSR count). The second-order valence-electron chi connectivity index (χ2n) is 20.8. The van der Waals surface area contributed by atoms with Crippen LogP contribution in [0, 0.1) is 0 Å². The second-order valence-corrected chi connectivity index (χ2v) is 23.6. The number of nitrogens with one attached hydrogen (secondary N) is 1. The summed E-state index contributed by atoms with van der Waals surface area (Å²) in [4.78, 5) is 1.86.